The van der Waals surface area contributed by atoms with Crippen LogP contribution in [0.15, 0.2) is 72.9 Å². The van der Waals surface area contributed by atoms with Gasteiger partial charge < -0.3 is 14.2 Å². The van der Waals surface area contributed by atoms with E-state index in [-0.39, 0.29) is 31.1 Å². The Labute approximate surface area is 472 Å². The molecule has 0 amide bonds. The van der Waals surface area contributed by atoms with Crippen molar-refractivity contribution in [3.8, 4) is 0 Å². The van der Waals surface area contributed by atoms with Gasteiger partial charge in [-0.15, -0.1) is 0 Å². The molecular weight excluding hydrogens is 937 g/mol. The lowest BCUT2D eigenvalue weighted by Crippen LogP contribution is -2.30. The van der Waals surface area contributed by atoms with Crippen LogP contribution in [0.3, 0.4) is 0 Å². The molecule has 0 fully saturated rings. The van der Waals surface area contributed by atoms with Gasteiger partial charge in [0.05, 0.1) is 0 Å². The van der Waals surface area contributed by atoms with Gasteiger partial charge in [-0.3, -0.25) is 14.4 Å². The summed E-state index contributed by atoms with van der Waals surface area (Å²) in [6, 6.07) is 0. The minimum atomic E-state index is -0.776. The molecule has 440 valence electrons. The molecule has 0 aliphatic carbocycles. The molecule has 1 atom stereocenters. The zero-order chi connectivity index (χ0) is 55.0. The molecule has 0 aromatic carbocycles. The lowest BCUT2D eigenvalue weighted by molar-refractivity contribution is -0.167. The Morgan fingerprint density at radius 3 is 0.816 bits per heavy atom. The zero-order valence-corrected chi connectivity index (χ0v) is 50.5. The number of hydrogen-bond donors (Lipinski definition) is 0. The largest absolute Gasteiger partial charge is 0.462 e. The Kier molecular flexibility index (Phi) is 61.7. The van der Waals surface area contributed by atoms with E-state index in [2.05, 4.69) is 93.7 Å². The maximum atomic E-state index is 12.9. The Morgan fingerprint density at radius 2 is 0.513 bits per heavy atom. The van der Waals surface area contributed by atoms with Gasteiger partial charge >= 0.3 is 17.9 Å². The third-order valence-corrected chi connectivity index (χ3v) is 14.4. The quantitative estimate of drug-likeness (QED) is 0.0261. The molecule has 6 heteroatoms. The summed E-state index contributed by atoms with van der Waals surface area (Å²) >= 11 is 0. The lowest BCUT2D eigenvalue weighted by Gasteiger charge is -2.18. The van der Waals surface area contributed by atoms with Gasteiger partial charge in [0.25, 0.3) is 0 Å². The number of esters is 3. The van der Waals surface area contributed by atoms with E-state index in [0.29, 0.717) is 19.3 Å². The maximum Gasteiger partial charge on any atom is 0.306 e. The minimum absolute atomic E-state index is 0.0727. The van der Waals surface area contributed by atoms with Crippen molar-refractivity contribution in [2.24, 2.45) is 0 Å². The van der Waals surface area contributed by atoms with Gasteiger partial charge in [-0.05, 0) is 89.9 Å². The third kappa shape index (κ3) is 61.7. The van der Waals surface area contributed by atoms with Gasteiger partial charge in [0.2, 0.25) is 0 Å². The number of allylic oxidation sites excluding steroid dienone is 12. The molecule has 0 aromatic rings. The Bertz CT molecular complexity index is 1400. The van der Waals surface area contributed by atoms with Crippen LogP contribution in [0, 0.1) is 0 Å². The minimum Gasteiger partial charge on any atom is -0.462 e. The summed E-state index contributed by atoms with van der Waals surface area (Å²) in [5.41, 5.74) is 0. The lowest BCUT2D eigenvalue weighted by atomic mass is 10.0. The highest BCUT2D eigenvalue weighted by atomic mass is 16.6. The second-order valence-electron chi connectivity index (χ2n) is 22.0. The maximum absolute atomic E-state index is 12.9. The average molecular weight is 1060 g/mol. The summed E-state index contributed by atoms with van der Waals surface area (Å²) in [5.74, 6) is -0.861. The van der Waals surface area contributed by atoms with Gasteiger partial charge in [-0.25, -0.2) is 0 Å². The second-order valence-corrected chi connectivity index (χ2v) is 22.0. The monoisotopic (exact) mass is 1060 g/mol. The topological polar surface area (TPSA) is 78.9 Å². The first kappa shape index (κ1) is 72.8. The SMILES string of the molecule is CC/C=C\C/C=C\C/C=C\C/C=C\C/C=C\CCCCCCCCCCCCCC(=O)OCC(COC(=O)CCCCCCCCCCCCCC)OC(=O)CCCCCCCCCCC/C=C\CCCCCCCC. The van der Waals surface area contributed by atoms with Crippen LogP contribution in [0.5, 0.6) is 0 Å². The summed E-state index contributed by atoms with van der Waals surface area (Å²) in [6.07, 6.45) is 83.4. The molecule has 0 rings (SSSR count). The number of unbranched alkanes of at least 4 members (excludes halogenated alkanes) is 37. The molecule has 0 N–H and O–H groups in total. The second kappa shape index (κ2) is 64.4. The standard InChI is InChI=1S/C70H124O6/c1-4-7-10-13-16-19-22-25-27-29-31-32-33-34-35-36-37-38-40-41-43-45-48-51-54-57-60-63-69(72)75-66-67(65-74-68(71)62-59-56-53-50-47-24-21-18-15-12-9-6-3)76-70(73)64-61-58-55-52-49-46-44-42-39-30-28-26-23-20-17-14-11-8-5-2/h7,10,16,19,25-28,31-32,34-35,67H,4-6,8-9,11-15,17-18,20-24,29-30,33,36-66H2,1-3H3/b10-7-,19-16-,27-25-,28-26-,32-31-,35-34-. The predicted octanol–water partition coefficient (Wildman–Crippen LogP) is 22.5. The van der Waals surface area contributed by atoms with E-state index in [1.165, 1.54) is 205 Å². The van der Waals surface area contributed by atoms with Crippen molar-refractivity contribution >= 4 is 17.9 Å². The van der Waals surface area contributed by atoms with Crippen LogP contribution in [-0.4, -0.2) is 37.2 Å². The highest BCUT2D eigenvalue weighted by Crippen LogP contribution is 2.17. The number of carbonyl (C=O) groups excluding carboxylic acids is 3. The fourth-order valence-corrected chi connectivity index (χ4v) is 9.53. The normalized spacial score (nSPS) is 12.5. The summed E-state index contributed by atoms with van der Waals surface area (Å²) in [7, 11) is 0. The summed E-state index contributed by atoms with van der Waals surface area (Å²) in [4.78, 5) is 38.3. The van der Waals surface area contributed by atoms with E-state index in [1.807, 2.05) is 0 Å². The smallest absolute Gasteiger partial charge is 0.306 e. The molecule has 0 aromatic heterocycles. The summed E-state index contributed by atoms with van der Waals surface area (Å²) in [6.45, 7) is 6.56. The van der Waals surface area contributed by atoms with Gasteiger partial charge in [0.15, 0.2) is 6.10 Å². The van der Waals surface area contributed by atoms with Gasteiger partial charge in [-0.1, -0.05) is 299 Å². The molecule has 6 nitrogen and oxygen atoms in total. The highest BCUT2D eigenvalue weighted by molar-refractivity contribution is 5.71. The van der Waals surface area contributed by atoms with Crippen LogP contribution in [-0.2, 0) is 28.6 Å². The molecule has 0 radical (unpaired) electrons. The Balaban J connectivity index is 4.26. The molecule has 0 saturated carbocycles. The summed E-state index contributed by atoms with van der Waals surface area (Å²) in [5, 5.41) is 0. The molecule has 0 heterocycles. The van der Waals surface area contributed by atoms with Crippen molar-refractivity contribution in [2.45, 2.75) is 341 Å². The van der Waals surface area contributed by atoms with Crippen LogP contribution in [0.1, 0.15) is 335 Å². The van der Waals surface area contributed by atoms with E-state index < -0.39 is 6.10 Å². The van der Waals surface area contributed by atoms with Gasteiger partial charge in [0.1, 0.15) is 13.2 Å². The fraction of sp³-hybridized carbons (Fsp3) is 0.786. The predicted molar refractivity (Wildman–Crippen MR) is 330 cm³/mol. The molecule has 0 aliphatic rings. The van der Waals surface area contributed by atoms with E-state index >= 15 is 0 Å². The molecule has 0 aliphatic heterocycles. The van der Waals surface area contributed by atoms with Crippen molar-refractivity contribution in [3.63, 3.8) is 0 Å². The highest BCUT2D eigenvalue weighted by Gasteiger charge is 2.19. The van der Waals surface area contributed by atoms with Crippen molar-refractivity contribution in [1.82, 2.24) is 0 Å². The number of ether oxygens (including phenoxy) is 3. The number of carbonyl (C=O) groups is 3. The molecular formula is C70H124O6. The molecule has 0 spiro atoms. The Hall–Kier alpha value is -3.15. The average Bonchev–Trinajstić information content (AvgIpc) is 3.42. The van der Waals surface area contributed by atoms with Crippen LogP contribution < -0.4 is 0 Å². The van der Waals surface area contributed by atoms with Crippen LogP contribution in [0.25, 0.3) is 0 Å². The molecule has 1 unspecified atom stereocenters. The fourth-order valence-electron chi connectivity index (χ4n) is 9.53. The van der Waals surface area contributed by atoms with Crippen molar-refractivity contribution in [2.75, 3.05) is 13.2 Å². The number of rotatable bonds is 60. The van der Waals surface area contributed by atoms with Gasteiger partial charge in [0, 0.05) is 19.3 Å². The van der Waals surface area contributed by atoms with E-state index in [4.69, 9.17) is 14.2 Å². The van der Waals surface area contributed by atoms with E-state index in [0.717, 1.165) is 89.9 Å². The zero-order valence-electron chi connectivity index (χ0n) is 50.5. The molecule has 76 heavy (non-hydrogen) atoms. The van der Waals surface area contributed by atoms with Crippen LogP contribution in [0.2, 0.25) is 0 Å². The van der Waals surface area contributed by atoms with Crippen molar-refractivity contribution in [1.29, 1.82) is 0 Å². The molecule has 0 saturated heterocycles. The first-order chi connectivity index (χ1) is 37.5. The van der Waals surface area contributed by atoms with E-state index in [9.17, 15) is 14.4 Å². The Morgan fingerprint density at radius 1 is 0.276 bits per heavy atom. The molecule has 0 bridgehead atoms. The number of hydrogen-bond acceptors (Lipinski definition) is 6. The van der Waals surface area contributed by atoms with Crippen molar-refractivity contribution in [3.05, 3.63) is 72.9 Å². The van der Waals surface area contributed by atoms with Crippen LogP contribution in [0.4, 0.5) is 0 Å². The van der Waals surface area contributed by atoms with Gasteiger partial charge in [-0.2, -0.15) is 0 Å². The summed E-state index contributed by atoms with van der Waals surface area (Å²) < 4.78 is 16.9. The van der Waals surface area contributed by atoms with E-state index in [1.54, 1.807) is 0 Å². The van der Waals surface area contributed by atoms with Crippen molar-refractivity contribution < 1.29 is 28.6 Å². The van der Waals surface area contributed by atoms with Crippen LogP contribution >= 0.6 is 0 Å². The first-order valence-electron chi connectivity index (χ1n) is 32.9. The first-order valence-corrected chi connectivity index (χ1v) is 32.9. The third-order valence-electron chi connectivity index (χ3n) is 14.4.